The van der Waals surface area contributed by atoms with Gasteiger partial charge in [-0.25, -0.2) is 0 Å². The highest BCUT2D eigenvalue weighted by Gasteiger charge is 2.13. The van der Waals surface area contributed by atoms with E-state index < -0.39 is 0 Å². The van der Waals surface area contributed by atoms with Crippen molar-refractivity contribution in [2.45, 2.75) is 53.6 Å². The van der Waals surface area contributed by atoms with E-state index in [4.69, 9.17) is 12.2 Å². The lowest BCUT2D eigenvalue weighted by Crippen LogP contribution is -2.38. The van der Waals surface area contributed by atoms with E-state index >= 15 is 0 Å². The predicted molar refractivity (Wildman–Crippen MR) is 97.2 cm³/mol. The first kappa shape index (κ1) is 18.9. The van der Waals surface area contributed by atoms with Gasteiger partial charge in [-0.05, 0) is 59.0 Å². The van der Waals surface area contributed by atoms with E-state index in [2.05, 4.69) is 54.5 Å². The lowest BCUT2D eigenvalue weighted by Gasteiger charge is -2.19. The normalized spacial score (nSPS) is 12.5. The van der Waals surface area contributed by atoms with E-state index in [1.54, 1.807) is 0 Å². The van der Waals surface area contributed by atoms with Gasteiger partial charge in [-0.2, -0.15) is 5.10 Å². The molecule has 0 saturated carbocycles. The Morgan fingerprint density at radius 2 is 2.05 bits per heavy atom. The Kier molecular flexibility index (Phi) is 8.42. The number of rotatable bonds is 9. The quantitative estimate of drug-likeness (QED) is 0.539. The van der Waals surface area contributed by atoms with E-state index in [1.807, 2.05) is 11.6 Å². The molecule has 0 saturated heterocycles. The Morgan fingerprint density at radius 3 is 2.59 bits per heavy atom. The molecule has 0 aliphatic rings. The van der Waals surface area contributed by atoms with Crippen molar-refractivity contribution in [2.24, 2.45) is 0 Å². The van der Waals surface area contributed by atoms with Crippen molar-refractivity contribution in [2.75, 3.05) is 26.2 Å². The zero-order valence-corrected chi connectivity index (χ0v) is 15.5. The summed E-state index contributed by atoms with van der Waals surface area (Å²) in [5, 5.41) is 11.8. The molecule has 1 unspecified atom stereocenters. The van der Waals surface area contributed by atoms with Crippen LogP contribution in [0.3, 0.4) is 0 Å². The molecule has 0 amide bonds. The van der Waals surface area contributed by atoms with Gasteiger partial charge in [-0.15, -0.1) is 0 Å². The molecule has 22 heavy (non-hydrogen) atoms. The van der Waals surface area contributed by atoms with E-state index in [9.17, 15) is 0 Å². The van der Waals surface area contributed by atoms with Crippen LogP contribution in [0.2, 0.25) is 0 Å². The van der Waals surface area contributed by atoms with Crippen LogP contribution in [0.15, 0.2) is 6.20 Å². The molecule has 126 valence electrons. The first-order chi connectivity index (χ1) is 10.5. The smallest absolute Gasteiger partial charge is 0.166 e. The van der Waals surface area contributed by atoms with Gasteiger partial charge in [0.2, 0.25) is 0 Å². The van der Waals surface area contributed by atoms with Crippen LogP contribution in [-0.2, 0) is 6.54 Å². The van der Waals surface area contributed by atoms with Gasteiger partial charge in [0.15, 0.2) is 5.11 Å². The van der Waals surface area contributed by atoms with Gasteiger partial charge in [0.1, 0.15) is 0 Å². The molecule has 1 atom stereocenters. The van der Waals surface area contributed by atoms with Gasteiger partial charge in [0.25, 0.3) is 0 Å². The Balaban J connectivity index is 2.33. The van der Waals surface area contributed by atoms with Crippen molar-refractivity contribution in [1.29, 1.82) is 0 Å². The van der Waals surface area contributed by atoms with Crippen molar-refractivity contribution in [1.82, 2.24) is 25.3 Å². The molecule has 1 aromatic heterocycles. The van der Waals surface area contributed by atoms with Gasteiger partial charge >= 0.3 is 0 Å². The molecule has 1 aromatic rings. The molecule has 0 bridgehead atoms. The zero-order valence-electron chi connectivity index (χ0n) is 14.6. The van der Waals surface area contributed by atoms with Crippen molar-refractivity contribution in [3.63, 3.8) is 0 Å². The molecule has 1 rings (SSSR count). The molecule has 0 aliphatic heterocycles. The highest BCUT2D eigenvalue weighted by molar-refractivity contribution is 7.80. The number of nitrogens with zero attached hydrogens (tertiary/aromatic N) is 3. The van der Waals surface area contributed by atoms with Gasteiger partial charge in [0.05, 0.1) is 11.7 Å². The minimum absolute atomic E-state index is 0.170. The number of aryl methyl sites for hydroxylation is 2. The van der Waals surface area contributed by atoms with E-state index in [0.29, 0.717) is 0 Å². The van der Waals surface area contributed by atoms with Crippen molar-refractivity contribution in [3.05, 3.63) is 17.5 Å². The van der Waals surface area contributed by atoms with Crippen molar-refractivity contribution < 1.29 is 0 Å². The van der Waals surface area contributed by atoms with Crippen LogP contribution in [-0.4, -0.2) is 46.0 Å². The Labute approximate surface area is 140 Å². The number of thiocarbonyl (C=S) groups is 1. The molecule has 0 spiro atoms. The Hall–Kier alpha value is -1.14. The van der Waals surface area contributed by atoms with Crippen LogP contribution >= 0.6 is 12.2 Å². The lowest BCUT2D eigenvalue weighted by atomic mass is 10.1. The maximum Gasteiger partial charge on any atom is 0.166 e. The second-order valence-electron chi connectivity index (χ2n) is 5.53. The van der Waals surface area contributed by atoms with Crippen LogP contribution in [0.25, 0.3) is 0 Å². The summed E-state index contributed by atoms with van der Waals surface area (Å²) >= 11 is 5.38. The topological polar surface area (TPSA) is 45.1 Å². The van der Waals surface area contributed by atoms with Crippen LogP contribution in [0.4, 0.5) is 0 Å². The monoisotopic (exact) mass is 325 g/mol. The van der Waals surface area contributed by atoms with Crippen LogP contribution < -0.4 is 10.6 Å². The highest BCUT2D eigenvalue weighted by atomic mass is 32.1. The summed E-state index contributed by atoms with van der Waals surface area (Å²) in [6, 6.07) is 0.170. The highest BCUT2D eigenvalue weighted by Crippen LogP contribution is 2.15. The standard InChI is InChI=1S/C16H31N5S/c1-6-20(7-2)11-9-10-17-16(22)18-13(4)15-12-21(8-3)19-14(15)5/h12-13H,6-11H2,1-5H3,(H2,17,18,22). The summed E-state index contributed by atoms with van der Waals surface area (Å²) in [5.74, 6) is 0. The second kappa shape index (κ2) is 9.79. The van der Waals surface area contributed by atoms with Crippen molar-refractivity contribution >= 4 is 17.3 Å². The molecule has 0 aliphatic carbocycles. The summed E-state index contributed by atoms with van der Waals surface area (Å²) in [5.41, 5.74) is 2.26. The SMILES string of the molecule is CCN(CC)CCCNC(=S)NC(C)c1cn(CC)nc1C. The number of hydrogen-bond acceptors (Lipinski definition) is 3. The average Bonchev–Trinajstić information content (AvgIpc) is 2.88. The van der Waals surface area contributed by atoms with Gasteiger partial charge < -0.3 is 15.5 Å². The minimum atomic E-state index is 0.170. The molecule has 6 heteroatoms. The Bertz CT molecular complexity index is 453. The van der Waals surface area contributed by atoms with E-state index in [1.165, 1.54) is 5.56 Å². The summed E-state index contributed by atoms with van der Waals surface area (Å²) in [6.07, 6.45) is 3.20. The summed E-state index contributed by atoms with van der Waals surface area (Å²) in [7, 11) is 0. The Morgan fingerprint density at radius 1 is 1.36 bits per heavy atom. The largest absolute Gasteiger partial charge is 0.363 e. The number of hydrogen-bond donors (Lipinski definition) is 2. The van der Waals surface area contributed by atoms with Crippen LogP contribution in [0.5, 0.6) is 0 Å². The van der Waals surface area contributed by atoms with Gasteiger partial charge in [-0.1, -0.05) is 13.8 Å². The third-order valence-corrected chi connectivity index (χ3v) is 4.22. The fourth-order valence-corrected chi connectivity index (χ4v) is 2.77. The summed E-state index contributed by atoms with van der Waals surface area (Å²) < 4.78 is 1.96. The second-order valence-corrected chi connectivity index (χ2v) is 5.94. The molecular weight excluding hydrogens is 294 g/mol. The minimum Gasteiger partial charge on any atom is -0.363 e. The maximum atomic E-state index is 5.38. The fourth-order valence-electron chi connectivity index (χ4n) is 2.49. The third-order valence-electron chi connectivity index (χ3n) is 3.95. The molecule has 0 fully saturated rings. The van der Waals surface area contributed by atoms with E-state index in [-0.39, 0.29) is 6.04 Å². The lowest BCUT2D eigenvalue weighted by molar-refractivity contribution is 0.300. The number of nitrogens with one attached hydrogen (secondary N) is 2. The first-order valence-electron chi connectivity index (χ1n) is 8.32. The van der Waals surface area contributed by atoms with Gasteiger partial charge in [-0.3, -0.25) is 4.68 Å². The molecule has 1 heterocycles. The zero-order chi connectivity index (χ0) is 16.5. The first-order valence-corrected chi connectivity index (χ1v) is 8.73. The average molecular weight is 326 g/mol. The predicted octanol–water partition coefficient (Wildman–Crippen LogP) is 2.47. The molecule has 5 nitrogen and oxygen atoms in total. The summed E-state index contributed by atoms with van der Waals surface area (Å²) in [4.78, 5) is 2.42. The van der Waals surface area contributed by atoms with Crippen LogP contribution in [0.1, 0.15) is 51.4 Å². The molecule has 0 aromatic carbocycles. The fraction of sp³-hybridized carbons (Fsp3) is 0.750. The molecule has 0 radical (unpaired) electrons. The summed E-state index contributed by atoms with van der Waals surface area (Å²) in [6.45, 7) is 15.8. The number of aromatic nitrogens is 2. The van der Waals surface area contributed by atoms with Gasteiger partial charge in [0, 0.05) is 24.8 Å². The molecular formula is C16H31N5S. The maximum absolute atomic E-state index is 5.38. The van der Waals surface area contributed by atoms with Crippen molar-refractivity contribution in [3.8, 4) is 0 Å². The molecule has 2 N–H and O–H groups in total. The van der Waals surface area contributed by atoms with E-state index in [0.717, 1.165) is 50.0 Å². The van der Waals surface area contributed by atoms with Crippen LogP contribution in [0, 0.1) is 6.92 Å². The third kappa shape index (κ3) is 5.93.